The van der Waals surface area contributed by atoms with Crippen LogP contribution in [0.4, 0.5) is 4.39 Å². The molecular weight excluding hydrogens is 444 g/mol. The standard InChI is InChI=1S/C20H30FN3O.HI/c1-22-19(23-13-6-14-25-16-7-2-3-8-16)24-15-20(11-12-20)17-9-4-5-10-18(17)21;/h4-5,9-10,16H,2-3,6-8,11-15H2,1H3,(H2,22,23,24);1H. The molecule has 0 saturated heterocycles. The molecule has 6 heteroatoms. The van der Waals surface area contributed by atoms with Crippen molar-refractivity contribution in [2.24, 2.45) is 4.99 Å². The number of hydrogen-bond acceptors (Lipinski definition) is 2. The molecule has 2 N–H and O–H groups in total. The highest BCUT2D eigenvalue weighted by atomic mass is 127. The monoisotopic (exact) mass is 475 g/mol. The van der Waals surface area contributed by atoms with Crippen molar-refractivity contribution in [1.82, 2.24) is 10.6 Å². The molecule has 0 atom stereocenters. The van der Waals surface area contributed by atoms with Gasteiger partial charge in [0.1, 0.15) is 5.82 Å². The Morgan fingerprint density at radius 2 is 1.96 bits per heavy atom. The summed E-state index contributed by atoms with van der Waals surface area (Å²) in [4.78, 5) is 4.27. The van der Waals surface area contributed by atoms with Gasteiger partial charge in [0, 0.05) is 32.2 Å². The minimum Gasteiger partial charge on any atom is -0.378 e. The molecule has 0 unspecified atom stereocenters. The second-order valence-electron chi connectivity index (χ2n) is 7.24. The lowest BCUT2D eigenvalue weighted by atomic mass is 9.95. The van der Waals surface area contributed by atoms with Crippen molar-refractivity contribution in [3.63, 3.8) is 0 Å². The van der Waals surface area contributed by atoms with Crippen LogP contribution in [0.3, 0.4) is 0 Å². The smallest absolute Gasteiger partial charge is 0.191 e. The van der Waals surface area contributed by atoms with Crippen LogP contribution in [0.5, 0.6) is 0 Å². The van der Waals surface area contributed by atoms with Crippen molar-refractivity contribution < 1.29 is 9.13 Å². The number of nitrogens with one attached hydrogen (secondary N) is 2. The van der Waals surface area contributed by atoms with Gasteiger partial charge in [-0.2, -0.15) is 0 Å². The van der Waals surface area contributed by atoms with E-state index in [0.717, 1.165) is 43.9 Å². The highest BCUT2D eigenvalue weighted by Gasteiger charge is 2.45. The number of benzene rings is 1. The first-order valence-electron chi connectivity index (χ1n) is 9.55. The molecule has 2 aliphatic carbocycles. The lowest BCUT2D eigenvalue weighted by Crippen LogP contribution is -2.42. The predicted octanol–water partition coefficient (Wildman–Crippen LogP) is 3.99. The molecule has 0 bridgehead atoms. The summed E-state index contributed by atoms with van der Waals surface area (Å²) in [5, 5.41) is 6.69. The summed E-state index contributed by atoms with van der Waals surface area (Å²) in [6.07, 6.45) is 8.54. The summed E-state index contributed by atoms with van der Waals surface area (Å²) in [5.74, 6) is 0.678. The molecule has 2 saturated carbocycles. The molecule has 3 rings (SSSR count). The molecule has 146 valence electrons. The van der Waals surface area contributed by atoms with Crippen LogP contribution in [-0.4, -0.2) is 38.8 Å². The van der Waals surface area contributed by atoms with Crippen LogP contribution in [-0.2, 0) is 10.2 Å². The van der Waals surface area contributed by atoms with Crippen molar-refractivity contribution in [3.8, 4) is 0 Å². The van der Waals surface area contributed by atoms with Gasteiger partial charge in [-0.15, -0.1) is 24.0 Å². The first-order chi connectivity index (χ1) is 12.2. The average molecular weight is 475 g/mol. The highest BCUT2D eigenvalue weighted by molar-refractivity contribution is 14.0. The van der Waals surface area contributed by atoms with Gasteiger partial charge in [-0.05, 0) is 43.7 Å². The Kier molecular flexibility index (Phi) is 8.60. The van der Waals surface area contributed by atoms with Crippen LogP contribution in [0.2, 0.25) is 0 Å². The quantitative estimate of drug-likeness (QED) is 0.259. The number of halogens is 2. The average Bonchev–Trinajstić information content (AvgIpc) is 3.23. The first-order valence-corrected chi connectivity index (χ1v) is 9.55. The molecule has 0 aliphatic heterocycles. The van der Waals surface area contributed by atoms with E-state index in [9.17, 15) is 4.39 Å². The Bertz CT molecular complexity index is 586. The van der Waals surface area contributed by atoms with Gasteiger partial charge in [0.25, 0.3) is 0 Å². The summed E-state index contributed by atoms with van der Waals surface area (Å²) in [6.45, 7) is 2.35. The van der Waals surface area contributed by atoms with E-state index in [4.69, 9.17) is 4.74 Å². The number of ether oxygens (including phenoxy) is 1. The molecule has 0 aromatic heterocycles. The number of guanidine groups is 1. The summed E-state index contributed by atoms with van der Waals surface area (Å²) in [7, 11) is 1.77. The SMILES string of the molecule is CN=C(NCCCOC1CCCC1)NCC1(c2ccccc2F)CC1.I. The summed E-state index contributed by atoms with van der Waals surface area (Å²) in [5.41, 5.74) is 0.747. The zero-order valence-corrected chi connectivity index (χ0v) is 17.9. The number of rotatable bonds is 8. The number of nitrogens with zero attached hydrogens (tertiary/aromatic N) is 1. The normalized spacial score (nSPS) is 19.1. The summed E-state index contributed by atoms with van der Waals surface area (Å²) >= 11 is 0. The van der Waals surface area contributed by atoms with Gasteiger partial charge in [0.05, 0.1) is 6.10 Å². The Labute approximate surface area is 173 Å². The third-order valence-corrected chi connectivity index (χ3v) is 5.39. The number of aliphatic imine (C=N–C) groups is 1. The van der Waals surface area contributed by atoms with Crippen molar-refractivity contribution in [1.29, 1.82) is 0 Å². The minimum atomic E-state index is -0.103. The van der Waals surface area contributed by atoms with Gasteiger partial charge in [-0.3, -0.25) is 4.99 Å². The lowest BCUT2D eigenvalue weighted by Gasteiger charge is -2.19. The molecule has 2 fully saturated rings. The molecular formula is C20H31FIN3O. The third kappa shape index (κ3) is 5.81. The van der Waals surface area contributed by atoms with Gasteiger partial charge >= 0.3 is 0 Å². The molecule has 1 aromatic carbocycles. The molecule has 1 aromatic rings. The Morgan fingerprint density at radius 3 is 2.62 bits per heavy atom. The second-order valence-corrected chi connectivity index (χ2v) is 7.24. The fourth-order valence-corrected chi connectivity index (χ4v) is 3.64. The first kappa shape index (κ1) is 21.4. The zero-order valence-electron chi connectivity index (χ0n) is 15.6. The maximum Gasteiger partial charge on any atom is 0.191 e. The van der Waals surface area contributed by atoms with E-state index in [1.807, 2.05) is 12.1 Å². The van der Waals surface area contributed by atoms with Crippen LogP contribution < -0.4 is 10.6 Å². The Morgan fingerprint density at radius 1 is 1.23 bits per heavy atom. The highest BCUT2D eigenvalue weighted by Crippen LogP contribution is 2.48. The predicted molar refractivity (Wildman–Crippen MR) is 115 cm³/mol. The summed E-state index contributed by atoms with van der Waals surface area (Å²) < 4.78 is 19.9. The van der Waals surface area contributed by atoms with E-state index >= 15 is 0 Å². The van der Waals surface area contributed by atoms with Gasteiger partial charge in [-0.25, -0.2) is 4.39 Å². The van der Waals surface area contributed by atoms with Crippen LogP contribution in [0.25, 0.3) is 0 Å². The van der Waals surface area contributed by atoms with E-state index in [2.05, 4.69) is 15.6 Å². The molecule has 2 aliphatic rings. The lowest BCUT2D eigenvalue weighted by molar-refractivity contribution is 0.0574. The largest absolute Gasteiger partial charge is 0.378 e. The second kappa shape index (κ2) is 10.4. The van der Waals surface area contributed by atoms with Crippen molar-refractivity contribution in [2.75, 3.05) is 26.7 Å². The van der Waals surface area contributed by atoms with E-state index in [-0.39, 0.29) is 35.2 Å². The summed E-state index contributed by atoms with van der Waals surface area (Å²) in [6, 6.07) is 7.11. The van der Waals surface area contributed by atoms with Gasteiger partial charge < -0.3 is 15.4 Å². The molecule has 0 amide bonds. The third-order valence-electron chi connectivity index (χ3n) is 5.39. The Balaban J connectivity index is 0.00000243. The fourth-order valence-electron chi connectivity index (χ4n) is 3.64. The van der Waals surface area contributed by atoms with Gasteiger partial charge in [0.2, 0.25) is 0 Å². The minimum absolute atomic E-state index is 0. The molecule has 0 heterocycles. The van der Waals surface area contributed by atoms with Crippen molar-refractivity contribution in [2.45, 2.75) is 56.5 Å². The molecule has 4 nitrogen and oxygen atoms in total. The molecule has 0 radical (unpaired) electrons. The van der Waals surface area contributed by atoms with E-state index in [1.165, 1.54) is 25.7 Å². The van der Waals surface area contributed by atoms with E-state index in [0.29, 0.717) is 12.6 Å². The zero-order chi connectivity index (χ0) is 17.5. The van der Waals surface area contributed by atoms with Crippen LogP contribution in [0.15, 0.2) is 29.3 Å². The van der Waals surface area contributed by atoms with Crippen LogP contribution >= 0.6 is 24.0 Å². The molecule has 0 spiro atoms. The van der Waals surface area contributed by atoms with Gasteiger partial charge in [-0.1, -0.05) is 31.0 Å². The maximum absolute atomic E-state index is 14.1. The van der Waals surface area contributed by atoms with Crippen molar-refractivity contribution in [3.05, 3.63) is 35.6 Å². The maximum atomic E-state index is 14.1. The fraction of sp³-hybridized carbons (Fsp3) is 0.650. The van der Waals surface area contributed by atoms with Gasteiger partial charge in [0.15, 0.2) is 5.96 Å². The van der Waals surface area contributed by atoms with Crippen LogP contribution in [0, 0.1) is 5.82 Å². The van der Waals surface area contributed by atoms with E-state index in [1.54, 1.807) is 19.2 Å². The molecule has 26 heavy (non-hydrogen) atoms. The van der Waals surface area contributed by atoms with Crippen LogP contribution in [0.1, 0.15) is 50.5 Å². The van der Waals surface area contributed by atoms with Crippen molar-refractivity contribution >= 4 is 29.9 Å². The topological polar surface area (TPSA) is 45.7 Å². The Hall–Kier alpha value is -0.890. The van der Waals surface area contributed by atoms with E-state index < -0.39 is 0 Å². The number of hydrogen-bond donors (Lipinski definition) is 2.